The normalized spacial score (nSPS) is 16.0. The molecule has 0 radical (unpaired) electrons. The van der Waals surface area contributed by atoms with Gasteiger partial charge < -0.3 is 19.8 Å². The topological polar surface area (TPSA) is 78.5 Å². The fourth-order valence-electron chi connectivity index (χ4n) is 3.71. The first-order valence-corrected chi connectivity index (χ1v) is 10.9. The van der Waals surface area contributed by atoms with Gasteiger partial charge in [-0.05, 0) is 48.9 Å². The van der Waals surface area contributed by atoms with Gasteiger partial charge in [-0.25, -0.2) is 4.98 Å². The predicted octanol–water partition coefficient (Wildman–Crippen LogP) is 4.73. The zero-order valence-electron chi connectivity index (χ0n) is 17.2. The SMILES string of the molecule is [O-][n+]1ccc(CC(c2ccc(OC(F)F)c(OC(F)F)c2)c2cnc(C3(O)CCC3)s2)cc1. The highest BCUT2D eigenvalue weighted by Crippen LogP contribution is 2.45. The summed E-state index contributed by atoms with van der Waals surface area (Å²) in [5.74, 6) is -1.45. The number of hydrogen-bond acceptors (Lipinski definition) is 6. The third kappa shape index (κ3) is 5.36. The molecule has 1 atom stereocenters. The first-order chi connectivity index (χ1) is 15.7. The van der Waals surface area contributed by atoms with E-state index in [1.165, 1.54) is 35.9 Å². The van der Waals surface area contributed by atoms with Gasteiger partial charge in [0.1, 0.15) is 10.6 Å². The summed E-state index contributed by atoms with van der Waals surface area (Å²) in [7, 11) is 0. The molecule has 1 aliphatic rings. The second-order valence-electron chi connectivity index (χ2n) is 7.74. The molecule has 2 heterocycles. The summed E-state index contributed by atoms with van der Waals surface area (Å²) in [6.07, 6.45) is 6.78. The molecule has 6 nitrogen and oxygen atoms in total. The number of rotatable bonds is 9. The van der Waals surface area contributed by atoms with Gasteiger partial charge in [0.2, 0.25) is 0 Å². The van der Waals surface area contributed by atoms with Crippen molar-refractivity contribution in [2.75, 3.05) is 0 Å². The first-order valence-electron chi connectivity index (χ1n) is 10.1. The van der Waals surface area contributed by atoms with Gasteiger partial charge in [0.15, 0.2) is 23.9 Å². The maximum Gasteiger partial charge on any atom is 0.387 e. The van der Waals surface area contributed by atoms with Crippen LogP contribution >= 0.6 is 11.3 Å². The number of pyridine rings is 1. The van der Waals surface area contributed by atoms with Crippen LogP contribution in [0, 0.1) is 5.21 Å². The van der Waals surface area contributed by atoms with Crippen LogP contribution in [0.25, 0.3) is 0 Å². The number of alkyl halides is 4. The van der Waals surface area contributed by atoms with Gasteiger partial charge in [-0.2, -0.15) is 22.3 Å². The van der Waals surface area contributed by atoms with E-state index in [0.29, 0.717) is 34.6 Å². The maximum atomic E-state index is 12.9. The highest BCUT2D eigenvalue weighted by molar-refractivity contribution is 7.11. The number of benzene rings is 1. The Morgan fingerprint density at radius 2 is 1.73 bits per heavy atom. The standard InChI is InChI=1S/C22H20F4N2O4S/c23-20(24)31-16-3-2-14(11-17(16)32-21(25)26)15(10-13-4-8-28(30)9-5-13)18-12-27-19(33-18)22(29)6-1-7-22/h2-5,8-9,11-12,15,20-21,29H,1,6-7,10H2. The van der Waals surface area contributed by atoms with Gasteiger partial charge in [-0.15, -0.1) is 11.3 Å². The maximum absolute atomic E-state index is 12.9. The van der Waals surface area contributed by atoms with Crippen LogP contribution in [0.15, 0.2) is 48.9 Å². The van der Waals surface area contributed by atoms with Crippen LogP contribution in [0.3, 0.4) is 0 Å². The highest BCUT2D eigenvalue weighted by Gasteiger charge is 2.39. The lowest BCUT2D eigenvalue weighted by molar-refractivity contribution is -0.605. The lowest BCUT2D eigenvalue weighted by atomic mass is 9.81. The molecule has 0 spiro atoms. The Labute approximate surface area is 190 Å². The van der Waals surface area contributed by atoms with Gasteiger partial charge in [-0.3, -0.25) is 0 Å². The van der Waals surface area contributed by atoms with Gasteiger partial charge in [0, 0.05) is 29.1 Å². The van der Waals surface area contributed by atoms with Crippen molar-refractivity contribution in [3.63, 3.8) is 0 Å². The lowest BCUT2D eigenvalue weighted by Crippen LogP contribution is -2.33. The van der Waals surface area contributed by atoms with E-state index < -0.39 is 36.2 Å². The summed E-state index contributed by atoms with van der Waals surface area (Å²) in [6, 6.07) is 7.15. The van der Waals surface area contributed by atoms with Crippen molar-refractivity contribution < 1.29 is 36.9 Å². The lowest BCUT2D eigenvalue weighted by Gasteiger charge is -2.34. The molecule has 1 unspecified atom stereocenters. The number of thiazole rings is 1. The zero-order valence-corrected chi connectivity index (χ0v) is 18.0. The van der Waals surface area contributed by atoms with E-state index in [-0.39, 0.29) is 0 Å². The summed E-state index contributed by atoms with van der Waals surface area (Å²) in [5, 5.41) is 22.6. The van der Waals surface area contributed by atoms with Crippen molar-refractivity contribution in [3.8, 4) is 11.5 Å². The Morgan fingerprint density at radius 3 is 2.33 bits per heavy atom. The number of halogens is 4. The summed E-state index contributed by atoms with van der Waals surface area (Å²) < 4.78 is 60.7. The number of hydrogen-bond donors (Lipinski definition) is 1. The number of ether oxygens (including phenoxy) is 2. The molecule has 1 N–H and O–H groups in total. The number of aliphatic hydroxyl groups is 1. The van der Waals surface area contributed by atoms with Crippen LogP contribution in [0.5, 0.6) is 11.5 Å². The van der Waals surface area contributed by atoms with Crippen molar-refractivity contribution in [2.45, 2.75) is 50.4 Å². The third-order valence-electron chi connectivity index (χ3n) is 5.56. The Hall–Kier alpha value is -2.92. The molecule has 2 aromatic heterocycles. The Balaban J connectivity index is 1.73. The fourth-order valence-corrected chi connectivity index (χ4v) is 4.90. The van der Waals surface area contributed by atoms with Crippen molar-refractivity contribution in [3.05, 3.63) is 75.1 Å². The molecule has 1 fully saturated rings. The van der Waals surface area contributed by atoms with Gasteiger partial charge in [0.25, 0.3) is 0 Å². The molecule has 0 amide bonds. The zero-order chi connectivity index (χ0) is 23.6. The average molecular weight is 484 g/mol. The minimum Gasteiger partial charge on any atom is -0.619 e. The van der Waals surface area contributed by atoms with Crippen LogP contribution in [0.4, 0.5) is 17.6 Å². The van der Waals surface area contributed by atoms with Crippen LogP contribution in [-0.4, -0.2) is 23.3 Å². The second-order valence-corrected chi connectivity index (χ2v) is 8.80. The third-order valence-corrected chi connectivity index (χ3v) is 6.86. The van der Waals surface area contributed by atoms with Gasteiger partial charge in [-0.1, -0.05) is 6.07 Å². The first kappa shape index (κ1) is 23.2. The quantitative estimate of drug-likeness (QED) is 0.270. The van der Waals surface area contributed by atoms with Gasteiger partial charge in [0.05, 0.1) is 0 Å². The van der Waals surface area contributed by atoms with E-state index in [1.807, 2.05) is 0 Å². The Morgan fingerprint density at radius 1 is 1.06 bits per heavy atom. The summed E-state index contributed by atoms with van der Waals surface area (Å²) in [4.78, 5) is 5.12. The van der Waals surface area contributed by atoms with Crippen molar-refractivity contribution in [1.29, 1.82) is 0 Å². The van der Waals surface area contributed by atoms with Crippen molar-refractivity contribution in [2.24, 2.45) is 0 Å². The minimum absolute atomic E-state index is 0.365. The predicted molar refractivity (Wildman–Crippen MR) is 111 cm³/mol. The van der Waals surface area contributed by atoms with Crippen LogP contribution in [0.2, 0.25) is 0 Å². The molecule has 0 saturated heterocycles. The molecule has 176 valence electrons. The summed E-state index contributed by atoms with van der Waals surface area (Å²) in [6.45, 7) is -6.44. The molecular formula is C22H20F4N2O4S. The van der Waals surface area contributed by atoms with E-state index in [2.05, 4.69) is 14.5 Å². The highest BCUT2D eigenvalue weighted by atomic mass is 32.1. The van der Waals surface area contributed by atoms with Gasteiger partial charge >= 0.3 is 13.2 Å². The molecule has 33 heavy (non-hydrogen) atoms. The Kier molecular flexibility index (Phi) is 6.71. The molecule has 4 rings (SSSR count). The molecule has 0 aliphatic heterocycles. The molecule has 1 saturated carbocycles. The minimum atomic E-state index is -3.23. The van der Waals surface area contributed by atoms with Crippen LogP contribution in [0.1, 0.15) is 46.2 Å². The van der Waals surface area contributed by atoms with E-state index in [4.69, 9.17) is 0 Å². The van der Waals surface area contributed by atoms with E-state index >= 15 is 0 Å². The Bertz CT molecular complexity index is 1090. The average Bonchev–Trinajstić information content (AvgIpc) is 3.22. The van der Waals surface area contributed by atoms with Crippen molar-refractivity contribution in [1.82, 2.24) is 4.98 Å². The largest absolute Gasteiger partial charge is 0.619 e. The second kappa shape index (κ2) is 9.52. The smallest absolute Gasteiger partial charge is 0.387 e. The van der Waals surface area contributed by atoms with E-state index in [1.54, 1.807) is 18.3 Å². The molecule has 3 aromatic rings. The summed E-state index contributed by atoms with van der Waals surface area (Å²) in [5.41, 5.74) is 0.322. The molecule has 1 aromatic carbocycles. The molecule has 11 heteroatoms. The molecule has 1 aliphatic carbocycles. The summed E-state index contributed by atoms with van der Waals surface area (Å²) >= 11 is 1.31. The van der Waals surface area contributed by atoms with E-state index in [0.717, 1.165) is 22.9 Å². The van der Waals surface area contributed by atoms with Crippen LogP contribution < -0.4 is 14.2 Å². The fraction of sp³-hybridized carbons (Fsp3) is 0.364. The van der Waals surface area contributed by atoms with Crippen LogP contribution in [-0.2, 0) is 12.0 Å². The van der Waals surface area contributed by atoms with E-state index in [9.17, 15) is 27.9 Å². The number of aromatic nitrogens is 2. The molecular weight excluding hydrogens is 464 g/mol. The number of nitrogens with zero attached hydrogens (tertiary/aromatic N) is 2. The monoisotopic (exact) mass is 484 g/mol. The van der Waals surface area contributed by atoms with Crippen molar-refractivity contribution >= 4 is 11.3 Å². The molecule has 0 bridgehead atoms.